The van der Waals surface area contributed by atoms with E-state index in [4.69, 9.17) is 4.74 Å². The Morgan fingerprint density at radius 1 is 1.08 bits per heavy atom. The van der Waals surface area contributed by atoms with Crippen molar-refractivity contribution < 1.29 is 24.5 Å². The Hall–Kier alpha value is -1.65. The Morgan fingerprint density at radius 3 is 2.56 bits per heavy atom. The minimum atomic E-state index is -0.956. The highest BCUT2D eigenvalue weighted by Crippen LogP contribution is 2.50. The number of aliphatic hydroxyl groups excluding tert-OH is 2. The van der Waals surface area contributed by atoms with Gasteiger partial charge in [0, 0.05) is 31.5 Å². The molecule has 5 rings (SSSR count). The van der Waals surface area contributed by atoms with Crippen molar-refractivity contribution >= 4 is 34.4 Å². The number of aliphatic hydroxyl groups is 2. The summed E-state index contributed by atoms with van der Waals surface area (Å²) in [6, 6.07) is 7.08. The molecule has 2 bridgehead atoms. The first-order valence-electron chi connectivity index (χ1n) is 14.9. The molecule has 1 aromatic carbocycles. The van der Waals surface area contributed by atoms with Crippen molar-refractivity contribution in [3.8, 4) is 5.75 Å². The number of ether oxygens (including phenoxy) is 1. The van der Waals surface area contributed by atoms with E-state index in [0.29, 0.717) is 42.0 Å². The Labute approximate surface area is 245 Å². The van der Waals surface area contributed by atoms with Crippen LogP contribution in [0, 0.1) is 27.2 Å². The minimum absolute atomic E-state index is 0.118. The van der Waals surface area contributed by atoms with Gasteiger partial charge in [-0.05, 0) is 96.6 Å². The fourth-order valence-corrected chi connectivity index (χ4v) is 8.02. The number of rotatable bonds is 10. The zero-order chi connectivity index (χ0) is 27.4. The van der Waals surface area contributed by atoms with Gasteiger partial charge in [-0.3, -0.25) is 9.59 Å². The van der Waals surface area contributed by atoms with Gasteiger partial charge in [0.25, 0.3) is 0 Å². The van der Waals surface area contributed by atoms with Gasteiger partial charge in [0.15, 0.2) is 0 Å². The third kappa shape index (κ3) is 6.99. The summed E-state index contributed by atoms with van der Waals surface area (Å²) in [5, 5.41) is 23.8. The van der Waals surface area contributed by atoms with Crippen molar-refractivity contribution in [2.24, 2.45) is 23.7 Å². The highest BCUT2D eigenvalue weighted by atomic mass is 127. The molecular weight excluding hydrogens is 607 g/mol. The Balaban J connectivity index is 1.41. The third-order valence-corrected chi connectivity index (χ3v) is 10.4. The van der Waals surface area contributed by atoms with Gasteiger partial charge >= 0.3 is 0 Å². The fraction of sp³-hybridized carbons (Fsp3) is 0.677. The molecule has 0 aromatic heterocycles. The molecule has 2 amide bonds. The molecule has 3 saturated carbocycles. The lowest BCUT2D eigenvalue weighted by Gasteiger charge is -2.43. The summed E-state index contributed by atoms with van der Waals surface area (Å²) in [5.74, 6) is 2.76. The maximum absolute atomic E-state index is 14.1. The van der Waals surface area contributed by atoms with E-state index < -0.39 is 18.2 Å². The standard InChI is InChI=1S/C31H43IN2O5/c32-25-8-4-5-9-27(25)39-28-17-24(31(38)33-12-13-35)16-26(30(28)37)34(19-20-6-2-1-3-7-20)29(36)18-23-15-21-10-11-22(23)14-21/h4-5,8-9,17,20-23,26,28,30,35,37H,1-3,6-7,10-16,18-19H2,(H,33,38). The molecular formula is C31H43IN2O5. The first-order valence-corrected chi connectivity index (χ1v) is 16.0. The van der Waals surface area contributed by atoms with Gasteiger partial charge < -0.3 is 25.2 Å². The highest BCUT2D eigenvalue weighted by molar-refractivity contribution is 14.1. The SMILES string of the molecule is O=C(NCCO)C1=CC(Oc2ccccc2I)C(O)C(N(CC2CCCCC2)C(=O)CC2CC3CCC2C3)C1. The lowest BCUT2D eigenvalue weighted by atomic mass is 9.83. The van der Waals surface area contributed by atoms with Crippen LogP contribution in [0.25, 0.3) is 0 Å². The summed E-state index contributed by atoms with van der Waals surface area (Å²) in [5.41, 5.74) is 0.496. The predicted molar refractivity (Wildman–Crippen MR) is 158 cm³/mol. The number of carbonyl (C=O) groups is 2. The average molecular weight is 651 g/mol. The summed E-state index contributed by atoms with van der Waals surface area (Å²) < 4.78 is 7.22. The summed E-state index contributed by atoms with van der Waals surface area (Å²) in [4.78, 5) is 29.1. The fourth-order valence-electron chi connectivity index (χ4n) is 7.50. The second-order valence-corrected chi connectivity index (χ2v) is 13.3. The van der Waals surface area contributed by atoms with Crippen molar-refractivity contribution in [1.29, 1.82) is 0 Å². The molecule has 4 aliphatic rings. The number of amides is 2. The second kappa shape index (κ2) is 13.3. The molecule has 214 valence electrons. The quantitative estimate of drug-likeness (QED) is 0.326. The molecule has 3 N–H and O–H groups in total. The smallest absolute Gasteiger partial charge is 0.247 e. The van der Waals surface area contributed by atoms with Crippen molar-refractivity contribution in [3.05, 3.63) is 39.5 Å². The van der Waals surface area contributed by atoms with Crippen LogP contribution >= 0.6 is 22.6 Å². The molecule has 0 radical (unpaired) electrons. The molecule has 6 atom stereocenters. The number of hydrogen-bond acceptors (Lipinski definition) is 5. The lowest BCUT2D eigenvalue weighted by molar-refractivity contribution is -0.141. The molecule has 0 aliphatic heterocycles. The van der Waals surface area contributed by atoms with E-state index >= 15 is 0 Å². The van der Waals surface area contributed by atoms with E-state index in [0.717, 1.165) is 28.8 Å². The molecule has 3 fully saturated rings. The van der Waals surface area contributed by atoms with Gasteiger partial charge in [-0.15, -0.1) is 0 Å². The zero-order valence-electron chi connectivity index (χ0n) is 22.8. The molecule has 0 spiro atoms. The van der Waals surface area contributed by atoms with E-state index in [1.807, 2.05) is 29.2 Å². The highest BCUT2D eigenvalue weighted by Gasteiger charge is 2.44. The van der Waals surface area contributed by atoms with Crippen LogP contribution < -0.4 is 10.1 Å². The van der Waals surface area contributed by atoms with Crippen LogP contribution in [-0.2, 0) is 9.59 Å². The lowest BCUT2D eigenvalue weighted by Crippen LogP contribution is -2.56. The van der Waals surface area contributed by atoms with Crippen molar-refractivity contribution in [2.75, 3.05) is 19.7 Å². The van der Waals surface area contributed by atoms with Crippen LogP contribution in [0.5, 0.6) is 5.75 Å². The maximum atomic E-state index is 14.1. The summed E-state index contributed by atoms with van der Waals surface area (Å²) in [6.07, 6.45) is 11.5. The largest absolute Gasteiger partial charge is 0.482 e. The van der Waals surface area contributed by atoms with Crippen molar-refractivity contribution in [1.82, 2.24) is 10.2 Å². The van der Waals surface area contributed by atoms with Crippen LogP contribution in [-0.4, -0.2) is 64.9 Å². The van der Waals surface area contributed by atoms with Gasteiger partial charge in [0.1, 0.15) is 18.0 Å². The molecule has 0 saturated heterocycles. The third-order valence-electron chi connectivity index (χ3n) is 9.54. The Morgan fingerprint density at radius 2 is 1.87 bits per heavy atom. The topological polar surface area (TPSA) is 99.1 Å². The maximum Gasteiger partial charge on any atom is 0.247 e. The normalized spacial score (nSPS) is 30.6. The molecule has 39 heavy (non-hydrogen) atoms. The summed E-state index contributed by atoms with van der Waals surface area (Å²) >= 11 is 2.20. The average Bonchev–Trinajstić information content (AvgIpc) is 3.57. The van der Waals surface area contributed by atoms with Crippen LogP contribution in [0.4, 0.5) is 0 Å². The van der Waals surface area contributed by atoms with Crippen LogP contribution in [0.3, 0.4) is 0 Å². The Bertz CT molecular complexity index is 1040. The Kier molecular flexibility index (Phi) is 9.87. The van der Waals surface area contributed by atoms with Gasteiger partial charge in [0.05, 0.1) is 16.2 Å². The molecule has 4 aliphatic carbocycles. The molecule has 7 nitrogen and oxygen atoms in total. The number of halogens is 1. The number of fused-ring (bicyclic) bond motifs is 2. The number of nitrogens with one attached hydrogen (secondary N) is 1. The monoisotopic (exact) mass is 650 g/mol. The number of carbonyl (C=O) groups excluding carboxylic acids is 2. The first-order chi connectivity index (χ1) is 18.9. The summed E-state index contributed by atoms with van der Waals surface area (Å²) in [7, 11) is 0. The number of nitrogens with zero attached hydrogens (tertiary/aromatic N) is 1. The van der Waals surface area contributed by atoms with Gasteiger partial charge in [-0.2, -0.15) is 0 Å². The first kappa shape index (κ1) is 28.9. The van der Waals surface area contributed by atoms with Crippen molar-refractivity contribution in [2.45, 2.75) is 88.9 Å². The second-order valence-electron chi connectivity index (χ2n) is 12.1. The minimum Gasteiger partial charge on any atom is -0.482 e. The molecule has 1 aromatic rings. The van der Waals surface area contributed by atoms with Gasteiger partial charge in [0.2, 0.25) is 11.8 Å². The van der Waals surface area contributed by atoms with Gasteiger partial charge in [-0.25, -0.2) is 0 Å². The molecule has 0 heterocycles. The zero-order valence-corrected chi connectivity index (χ0v) is 24.9. The van der Waals surface area contributed by atoms with E-state index in [1.165, 1.54) is 38.5 Å². The van der Waals surface area contributed by atoms with Crippen LogP contribution in [0.1, 0.15) is 70.6 Å². The molecule has 6 unspecified atom stereocenters. The van der Waals surface area contributed by atoms with E-state index in [9.17, 15) is 19.8 Å². The number of benzene rings is 1. The van der Waals surface area contributed by atoms with Crippen molar-refractivity contribution in [3.63, 3.8) is 0 Å². The van der Waals surface area contributed by atoms with E-state index in [-0.39, 0.29) is 31.4 Å². The van der Waals surface area contributed by atoms with Gasteiger partial charge in [-0.1, -0.05) is 37.8 Å². The summed E-state index contributed by atoms with van der Waals surface area (Å²) in [6.45, 7) is 0.631. The molecule has 8 heteroatoms. The predicted octanol–water partition coefficient (Wildman–Crippen LogP) is 4.44. The van der Waals surface area contributed by atoms with E-state index in [1.54, 1.807) is 6.08 Å². The number of para-hydroxylation sites is 1. The number of hydrogen-bond donors (Lipinski definition) is 3. The van der Waals surface area contributed by atoms with E-state index in [2.05, 4.69) is 27.9 Å². The van der Waals surface area contributed by atoms with Crippen LogP contribution in [0.15, 0.2) is 35.9 Å². The van der Waals surface area contributed by atoms with Crippen LogP contribution in [0.2, 0.25) is 0 Å².